The minimum atomic E-state index is -0.142. The SMILES string of the molecule is CC1=C[C@@H](CNC(=O)C2CNCCN2)[C@H](C(C)C)C[C@H]1CC(=O)N1CCN(C2CCCC[NH2+]2)CC1. The molecule has 2 amide bonds. The standard InChI is InChI=1S/C27H48N6O2/c1-19(2)23-15-21(20(3)14-22(23)17-31-27(35)24-18-28-8-9-29-24)16-26(34)33-12-10-32(11-13-33)25-6-4-5-7-30-25/h14,19,21-25,28-30H,4-13,15-18H2,1-3H3,(H,31,35)/p+1/t21-,22-,23-,24?,25?/m0/s1. The highest BCUT2D eigenvalue weighted by Crippen LogP contribution is 2.39. The van der Waals surface area contributed by atoms with Gasteiger partial charge in [-0.25, -0.2) is 0 Å². The molecule has 4 aliphatic rings. The summed E-state index contributed by atoms with van der Waals surface area (Å²) in [5, 5.41) is 12.3. The molecule has 4 rings (SSSR count). The van der Waals surface area contributed by atoms with E-state index < -0.39 is 0 Å². The van der Waals surface area contributed by atoms with Crippen LogP contribution in [-0.4, -0.2) is 92.7 Å². The number of carbonyl (C=O) groups is 2. The molecule has 198 valence electrons. The smallest absolute Gasteiger partial charge is 0.238 e. The molecule has 0 bridgehead atoms. The summed E-state index contributed by atoms with van der Waals surface area (Å²) >= 11 is 0. The lowest BCUT2D eigenvalue weighted by molar-refractivity contribution is -0.717. The maximum absolute atomic E-state index is 13.2. The van der Waals surface area contributed by atoms with Gasteiger partial charge in [-0.15, -0.1) is 0 Å². The van der Waals surface area contributed by atoms with E-state index in [1.807, 2.05) is 0 Å². The van der Waals surface area contributed by atoms with Crippen molar-refractivity contribution in [3.05, 3.63) is 11.6 Å². The molecule has 3 fully saturated rings. The Morgan fingerprint density at radius 3 is 2.63 bits per heavy atom. The summed E-state index contributed by atoms with van der Waals surface area (Å²) in [6.07, 6.45) is 8.60. The molecule has 0 spiro atoms. The van der Waals surface area contributed by atoms with Gasteiger partial charge in [-0.2, -0.15) is 0 Å². The second-order valence-corrected chi connectivity index (χ2v) is 11.6. The predicted molar refractivity (Wildman–Crippen MR) is 139 cm³/mol. The zero-order chi connectivity index (χ0) is 24.8. The lowest BCUT2D eigenvalue weighted by Crippen LogP contribution is -2.95. The fourth-order valence-electron chi connectivity index (χ4n) is 6.59. The lowest BCUT2D eigenvalue weighted by Gasteiger charge is -2.40. The Kier molecular flexibility index (Phi) is 9.61. The first kappa shape index (κ1) is 26.6. The van der Waals surface area contributed by atoms with E-state index in [0.29, 0.717) is 55.3 Å². The molecular formula is C27H49N6O2+. The number of amides is 2. The monoisotopic (exact) mass is 489 g/mol. The zero-order valence-corrected chi connectivity index (χ0v) is 22.2. The molecule has 8 heteroatoms. The molecule has 5 N–H and O–H groups in total. The molecule has 5 atom stereocenters. The number of piperidine rings is 1. The van der Waals surface area contributed by atoms with Gasteiger partial charge in [-0.1, -0.05) is 25.5 Å². The normalized spacial score (nSPS) is 32.9. The molecule has 0 aromatic rings. The molecular weight excluding hydrogens is 440 g/mol. The fourth-order valence-corrected chi connectivity index (χ4v) is 6.59. The third-order valence-electron chi connectivity index (χ3n) is 8.90. The number of nitrogens with zero attached hydrogens (tertiary/aromatic N) is 2. The summed E-state index contributed by atoms with van der Waals surface area (Å²) < 4.78 is 0. The van der Waals surface area contributed by atoms with Gasteiger partial charge in [0.15, 0.2) is 0 Å². The van der Waals surface area contributed by atoms with Crippen LogP contribution in [-0.2, 0) is 9.59 Å². The van der Waals surface area contributed by atoms with Gasteiger partial charge in [0, 0.05) is 65.2 Å². The van der Waals surface area contributed by atoms with E-state index >= 15 is 0 Å². The van der Waals surface area contributed by atoms with Crippen LogP contribution in [0.1, 0.15) is 52.9 Å². The quantitative estimate of drug-likeness (QED) is 0.382. The van der Waals surface area contributed by atoms with Crippen molar-refractivity contribution in [3.8, 4) is 0 Å². The van der Waals surface area contributed by atoms with E-state index in [2.05, 4.69) is 57.9 Å². The van der Waals surface area contributed by atoms with Crippen LogP contribution < -0.4 is 21.3 Å². The van der Waals surface area contributed by atoms with Crippen LogP contribution in [0.15, 0.2) is 11.6 Å². The van der Waals surface area contributed by atoms with Crippen molar-refractivity contribution in [2.45, 2.75) is 65.1 Å². The third kappa shape index (κ3) is 7.06. The molecule has 0 radical (unpaired) electrons. The van der Waals surface area contributed by atoms with Crippen LogP contribution in [0, 0.1) is 23.7 Å². The number of piperazine rings is 2. The summed E-state index contributed by atoms with van der Waals surface area (Å²) in [5.74, 6) is 2.05. The van der Waals surface area contributed by atoms with Crippen LogP contribution in [0.2, 0.25) is 0 Å². The average molecular weight is 490 g/mol. The molecule has 1 aliphatic carbocycles. The predicted octanol–water partition coefficient (Wildman–Crippen LogP) is 0.126. The van der Waals surface area contributed by atoms with Gasteiger partial charge in [-0.05, 0) is 49.9 Å². The highest BCUT2D eigenvalue weighted by molar-refractivity contribution is 5.82. The van der Waals surface area contributed by atoms with Crippen LogP contribution in [0.3, 0.4) is 0 Å². The Balaban J connectivity index is 1.28. The van der Waals surface area contributed by atoms with E-state index in [9.17, 15) is 9.59 Å². The topological polar surface area (TPSA) is 93.3 Å². The van der Waals surface area contributed by atoms with Crippen molar-refractivity contribution in [2.24, 2.45) is 23.7 Å². The first-order chi connectivity index (χ1) is 16.9. The maximum atomic E-state index is 13.2. The summed E-state index contributed by atoms with van der Waals surface area (Å²) in [7, 11) is 0. The van der Waals surface area contributed by atoms with E-state index in [1.54, 1.807) is 0 Å². The molecule has 0 saturated carbocycles. The van der Waals surface area contributed by atoms with Crippen LogP contribution in [0.25, 0.3) is 0 Å². The van der Waals surface area contributed by atoms with Gasteiger partial charge >= 0.3 is 0 Å². The van der Waals surface area contributed by atoms with Crippen molar-refractivity contribution in [1.29, 1.82) is 0 Å². The van der Waals surface area contributed by atoms with Gasteiger partial charge in [-0.3, -0.25) is 14.5 Å². The number of hydrogen-bond donors (Lipinski definition) is 4. The van der Waals surface area contributed by atoms with E-state index in [1.165, 1.54) is 31.4 Å². The van der Waals surface area contributed by atoms with Gasteiger partial charge in [0.05, 0.1) is 12.6 Å². The Morgan fingerprint density at radius 2 is 1.97 bits per heavy atom. The van der Waals surface area contributed by atoms with Crippen molar-refractivity contribution < 1.29 is 14.9 Å². The van der Waals surface area contributed by atoms with Crippen LogP contribution in [0.4, 0.5) is 0 Å². The molecule has 0 aromatic carbocycles. The van der Waals surface area contributed by atoms with Gasteiger partial charge in [0.1, 0.15) is 6.17 Å². The minimum absolute atomic E-state index is 0.0908. The molecule has 3 saturated heterocycles. The van der Waals surface area contributed by atoms with E-state index in [0.717, 1.165) is 45.7 Å². The van der Waals surface area contributed by atoms with E-state index in [-0.39, 0.29) is 11.9 Å². The summed E-state index contributed by atoms with van der Waals surface area (Å²) in [4.78, 5) is 30.6. The van der Waals surface area contributed by atoms with Gasteiger partial charge < -0.3 is 26.2 Å². The Morgan fingerprint density at radius 1 is 1.17 bits per heavy atom. The molecule has 2 unspecified atom stereocenters. The summed E-state index contributed by atoms with van der Waals surface area (Å²) in [6.45, 7) is 14.9. The number of nitrogens with two attached hydrogens (primary N) is 1. The van der Waals surface area contributed by atoms with Crippen molar-refractivity contribution in [3.63, 3.8) is 0 Å². The maximum Gasteiger partial charge on any atom is 0.238 e. The number of hydrogen-bond acceptors (Lipinski definition) is 5. The highest BCUT2D eigenvalue weighted by Gasteiger charge is 2.35. The Bertz CT molecular complexity index is 736. The summed E-state index contributed by atoms with van der Waals surface area (Å²) in [6, 6.07) is -0.142. The number of rotatable bonds is 7. The van der Waals surface area contributed by atoms with E-state index in [4.69, 9.17) is 0 Å². The Labute approximate surface area is 212 Å². The average Bonchev–Trinajstić information content (AvgIpc) is 2.89. The van der Waals surface area contributed by atoms with Gasteiger partial charge in [0.25, 0.3) is 0 Å². The number of nitrogens with one attached hydrogen (secondary N) is 3. The first-order valence-electron chi connectivity index (χ1n) is 14.2. The summed E-state index contributed by atoms with van der Waals surface area (Å²) in [5.41, 5.74) is 1.32. The molecule has 8 nitrogen and oxygen atoms in total. The third-order valence-corrected chi connectivity index (χ3v) is 8.90. The molecule has 35 heavy (non-hydrogen) atoms. The first-order valence-corrected chi connectivity index (χ1v) is 14.2. The number of quaternary nitrogens is 1. The van der Waals surface area contributed by atoms with Gasteiger partial charge in [0.2, 0.25) is 11.8 Å². The number of carbonyl (C=O) groups excluding carboxylic acids is 2. The highest BCUT2D eigenvalue weighted by atomic mass is 16.2. The second kappa shape index (κ2) is 12.7. The zero-order valence-electron chi connectivity index (χ0n) is 22.2. The van der Waals surface area contributed by atoms with Crippen LogP contribution >= 0.6 is 0 Å². The lowest BCUT2D eigenvalue weighted by atomic mass is 9.69. The largest absolute Gasteiger partial charge is 0.354 e. The van der Waals surface area contributed by atoms with Crippen molar-refractivity contribution >= 4 is 11.8 Å². The Hall–Kier alpha value is -1.48. The number of allylic oxidation sites excluding steroid dienone is 1. The molecule has 3 heterocycles. The molecule has 3 aliphatic heterocycles. The van der Waals surface area contributed by atoms with Crippen molar-refractivity contribution in [2.75, 3.05) is 58.9 Å². The fraction of sp³-hybridized carbons (Fsp3) is 0.852. The van der Waals surface area contributed by atoms with Crippen molar-refractivity contribution in [1.82, 2.24) is 25.8 Å². The minimum Gasteiger partial charge on any atom is -0.354 e. The second-order valence-electron chi connectivity index (χ2n) is 11.6. The molecule has 0 aromatic heterocycles. The van der Waals surface area contributed by atoms with Crippen LogP contribution in [0.5, 0.6) is 0 Å².